The van der Waals surface area contributed by atoms with E-state index < -0.39 is 6.04 Å². The SMILES string of the molecule is CSCCC(NC(=O)c1ccccc1)C(=O)N1CCCC1. The Hall–Kier alpha value is -1.49. The molecule has 5 heteroatoms. The highest BCUT2D eigenvalue weighted by atomic mass is 32.2. The second kappa shape index (κ2) is 8.08. The van der Waals surface area contributed by atoms with Crippen LogP contribution in [0.25, 0.3) is 0 Å². The number of benzene rings is 1. The highest BCUT2D eigenvalue weighted by molar-refractivity contribution is 7.98. The van der Waals surface area contributed by atoms with Crippen molar-refractivity contribution in [1.29, 1.82) is 0 Å². The fourth-order valence-electron chi connectivity index (χ4n) is 2.48. The van der Waals surface area contributed by atoms with Crippen molar-refractivity contribution in [2.45, 2.75) is 25.3 Å². The second-order valence-corrected chi connectivity index (χ2v) is 6.19. The van der Waals surface area contributed by atoms with E-state index in [0.29, 0.717) is 12.0 Å². The highest BCUT2D eigenvalue weighted by Crippen LogP contribution is 2.12. The predicted octanol–water partition coefficient (Wildman–Crippen LogP) is 2.16. The van der Waals surface area contributed by atoms with E-state index in [1.54, 1.807) is 23.9 Å². The molecule has 0 radical (unpaired) electrons. The normalized spacial score (nSPS) is 15.8. The molecule has 0 bridgehead atoms. The van der Waals surface area contributed by atoms with E-state index >= 15 is 0 Å². The molecule has 21 heavy (non-hydrogen) atoms. The van der Waals surface area contributed by atoms with E-state index in [4.69, 9.17) is 0 Å². The smallest absolute Gasteiger partial charge is 0.251 e. The molecule has 0 spiro atoms. The molecule has 1 aromatic carbocycles. The lowest BCUT2D eigenvalue weighted by atomic mass is 10.1. The van der Waals surface area contributed by atoms with Crippen LogP contribution >= 0.6 is 11.8 Å². The summed E-state index contributed by atoms with van der Waals surface area (Å²) in [5, 5.41) is 2.90. The molecule has 0 aliphatic carbocycles. The highest BCUT2D eigenvalue weighted by Gasteiger charge is 2.27. The molecule has 1 saturated heterocycles. The van der Waals surface area contributed by atoms with Crippen LogP contribution in [0, 0.1) is 0 Å². The third kappa shape index (κ3) is 4.49. The molecular weight excluding hydrogens is 284 g/mol. The van der Waals surface area contributed by atoms with E-state index in [2.05, 4.69) is 5.32 Å². The minimum absolute atomic E-state index is 0.0610. The van der Waals surface area contributed by atoms with E-state index in [1.807, 2.05) is 29.4 Å². The molecule has 0 aromatic heterocycles. The van der Waals surface area contributed by atoms with Crippen molar-refractivity contribution >= 4 is 23.6 Å². The fraction of sp³-hybridized carbons (Fsp3) is 0.500. The summed E-state index contributed by atoms with van der Waals surface area (Å²) in [4.78, 5) is 26.6. The molecule has 4 nitrogen and oxygen atoms in total. The molecule has 1 N–H and O–H groups in total. The van der Waals surface area contributed by atoms with Crippen molar-refractivity contribution in [3.63, 3.8) is 0 Å². The van der Waals surface area contributed by atoms with Crippen molar-refractivity contribution in [2.24, 2.45) is 0 Å². The summed E-state index contributed by atoms with van der Waals surface area (Å²) in [5.41, 5.74) is 0.598. The average Bonchev–Trinajstić information content (AvgIpc) is 3.05. The van der Waals surface area contributed by atoms with E-state index in [-0.39, 0.29) is 11.8 Å². The number of likely N-dealkylation sites (tertiary alicyclic amines) is 1. The average molecular weight is 306 g/mol. The fourth-order valence-corrected chi connectivity index (χ4v) is 2.95. The van der Waals surface area contributed by atoms with E-state index in [0.717, 1.165) is 31.7 Å². The van der Waals surface area contributed by atoms with Crippen molar-refractivity contribution in [1.82, 2.24) is 10.2 Å². The molecule has 2 rings (SSSR count). The lowest BCUT2D eigenvalue weighted by Gasteiger charge is -2.24. The van der Waals surface area contributed by atoms with Gasteiger partial charge in [-0.05, 0) is 43.4 Å². The Labute approximate surface area is 130 Å². The van der Waals surface area contributed by atoms with Gasteiger partial charge in [0.15, 0.2) is 0 Å². The summed E-state index contributed by atoms with van der Waals surface area (Å²) in [7, 11) is 0. The first kappa shape index (κ1) is 15.9. The van der Waals surface area contributed by atoms with Gasteiger partial charge in [-0.25, -0.2) is 0 Å². The van der Waals surface area contributed by atoms with Gasteiger partial charge >= 0.3 is 0 Å². The molecule has 0 saturated carbocycles. The van der Waals surface area contributed by atoms with E-state index in [9.17, 15) is 9.59 Å². The molecule has 1 heterocycles. The largest absolute Gasteiger partial charge is 0.341 e. The number of nitrogens with zero attached hydrogens (tertiary/aromatic N) is 1. The van der Waals surface area contributed by atoms with Crippen LogP contribution in [-0.4, -0.2) is 47.9 Å². The maximum Gasteiger partial charge on any atom is 0.251 e. The molecule has 114 valence electrons. The zero-order valence-electron chi connectivity index (χ0n) is 12.4. The van der Waals surface area contributed by atoms with Gasteiger partial charge in [-0.2, -0.15) is 11.8 Å². The van der Waals surface area contributed by atoms with Crippen LogP contribution in [0.5, 0.6) is 0 Å². The van der Waals surface area contributed by atoms with Gasteiger partial charge in [-0.1, -0.05) is 18.2 Å². The third-order valence-corrected chi connectivity index (χ3v) is 4.31. The van der Waals surface area contributed by atoms with Crippen LogP contribution in [0.3, 0.4) is 0 Å². The van der Waals surface area contributed by atoms with Crippen LogP contribution in [-0.2, 0) is 4.79 Å². The van der Waals surface area contributed by atoms with Crippen LogP contribution in [0.4, 0.5) is 0 Å². The molecule has 1 unspecified atom stereocenters. The maximum atomic E-state index is 12.5. The predicted molar refractivity (Wildman–Crippen MR) is 86.5 cm³/mol. The van der Waals surface area contributed by atoms with Gasteiger partial charge in [0.2, 0.25) is 5.91 Å². The Morgan fingerprint density at radius 2 is 1.90 bits per heavy atom. The van der Waals surface area contributed by atoms with Crippen LogP contribution in [0.15, 0.2) is 30.3 Å². The van der Waals surface area contributed by atoms with Crippen molar-refractivity contribution < 1.29 is 9.59 Å². The molecule has 1 aliphatic heterocycles. The lowest BCUT2D eigenvalue weighted by Crippen LogP contribution is -2.48. The first-order chi connectivity index (χ1) is 10.2. The summed E-state index contributed by atoms with van der Waals surface area (Å²) in [6, 6.07) is 8.64. The standard InChI is InChI=1S/C16H22N2O2S/c1-21-12-9-14(16(20)18-10-5-6-11-18)17-15(19)13-7-3-2-4-8-13/h2-4,7-8,14H,5-6,9-12H2,1H3,(H,17,19). The van der Waals surface area contributed by atoms with Gasteiger partial charge in [-0.3, -0.25) is 9.59 Å². The van der Waals surface area contributed by atoms with Gasteiger partial charge in [-0.15, -0.1) is 0 Å². The zero-order valence-corrected chi connectivity index (χ0v) is 13.2. The summed E-state index contributed by atoms with van der Waals surface area (Å²) < 4.78 is 0. The van der Waals surface area contributed by atoms with E-state index in [1.165, 1.54) is 0 Å². The van der Waals surface area contributed by atoms with Crippen molar-refractivity contribution in [3.8, 4) is 0 Å². The molecule has 2 amide bonds. The number of hydrogen-bond donors (Lipinski definition) is 1. The Bertz CT molecular complexity index is 472. The summed E-state index contributed by atoms with van der Waals surface area (Å²) >= 11 is 1.69. The molecule has 1 aliphatic rings. The number of hydrogen-bond acceptors (Lipinski definition) is 3. The number of thioether (sulfide) groups is 1. The first-order valence-corrected chi connectivity index (χ1v) is 8.75. The van der Waals surface area contributed by atoms with Crippen LogP contribution in [0.2, 0.25) is 0 Å². The number of rotatable bonds is 6. The second-order valence-electron chi connectivity index (χ2n) is 5.21. The minimum atomic E-state index is -0.414. The summed E-state index contributed by atoms with van der Waals surface area (Å²) in [5.74, 6) is 0.749. The molecule has 1 fully saturated rings. The van der Waals surface area contributed by atoms with Crippen LogP contribution in [0.1, 0.15) is 29.6 Å². The Morgan fingerprint density at radius 1 is 1.24 bits per heavy atom. The van der Waals surface area contributed by atoms with Gasteiger partial charge < -0.3 is 10.2 Å². The number of carbonyl (C=O) groups is 2. The number of amides is 2. The summed E-state index contributed by atoms with van der Waals surface area (Å²) in [6.45, 7) is 1.63. The zero-order chi connectivity index (χ0) is 15.1. The number of nitrogens with one attached hydrogen (secondary N) is 1. The van der Waals surface area contributed by atoms with Gasteiger partial charge in [0.05, 0.1) is 0 Å². The monoisotopic (exact) mass is 306 g/mol. The quantitative estimate of drug-likeness (QED) is 0.876. The molecule has 1 aromatic rings. The lowest BCUT2D eigenvalue weighted by molar-refractivity contribution is -0.132. The Balaban J connectivity index is 2.01. The topological polar surface area (TPSA) is 49.4 Å². The van der Waals surface area contributed by atoms with Crippen molar-refractivity contribution in [2.75, 3.05) is 25.1 Å². The molecular formula is C16H22N2O2S. The Kier molecular flexibility index (Phi) is 6.11. The van der Waals surface area contributed by atoms with Gasteiger partial charge in [0.25, 0.3) is 5.91 Å². The van der Waals surface area contributed by atoms with Gasteiger partial charge in [0.1, 0.15) is 6.04 Å². The molecule has 1 atom stereocenters. The number of carbonyl (C=O) groups excluding carboxylic acids is 2. The van der Waals surface area contributed by atoms with Gasteiger partial charge in [0, 0.05) is 18.7 Å². The Morgan fingerprint density at radius 3 is 2.52 bits per heavy atom. The van der Waals surface area contributed by atoms with Crippen molar-refractivity contribution in [3.05, 3.63) is 35.9 Å². The first-order valence-electron chi connectivity index (χ1n) is 7.36. The summed E-state index contributed by atoms with van der Waals surface area (Å²) in [6.07, 6.45) is 4.81. The maximum absolute atomic E-state index is 12.5. The third-order valence-electron chi connectivity index (χ3n) is 3.67. The van der Waals surface area contributed by atoms with Crippen LogP contribution < -0.4 is 5.32 Å². The minimum Gasteiger partial charge on any atom is -0.341 e.